The van der Waals surface area contributed by atoms with Crippen LogP contribution in [-0.4, -0.2) is 4.98 Å². The van der Waals surface area contributed by atoms with Gasteiger partial charge in [0, 0.05) is 10.7 Å². The lowest BCUT2D eigenvalue weighted by Crippen LogP contribution is -2.09. The van der Waals surface area contributed by atoms with Crippen molar-refractivity contribution in [3.8, 4) is 6.07 Å². The number of aromatic nitrogens is 1. The number of nitrogens with zero attached hydrogens (tertiary/aromatic N) is 2. The van der Waals surface area contributed by atoms with Crippen LogP contribution in [0, 0.1) is 18.3 Å². The minimum atomic E-state index is 0.0823. The van der Waals surface area contributed by atoms with Gasteiger partial charge in [-0.05, 0) is 43.2 Å². The number of rotatable bonds is 3. The molecule has 0 aliphatic carbocycles. The third-order valence-electron chi connectivity index (χ3n) is 2.97. The van der Waals surface area contributed by atoms with Gasteiger partial charge in [0.1, 0.15) is 11.9 Å². The highest BCUT2D eigenvalue weighted by Gasteiger charge is 2.11. The lowest BCUT2D eigenvalue weighted by Gasteiger charge is -2.16. The van der Waals surface area contributed by atoms with E-state index in [0.29, 0.717) is 11.4 Å². The van der Waals surface area contributed by atoms with Crippen LogP contribution in [0.15, 0.2) is 41.0 Å². The van der Waals surface area contributed by atoms with E-state index >= 15 is 0 Å². The summed E-state index contributed by atoms with van der Waals surface area (Å²) in [5.74, 6) is 0.634. The molecule has 1 heterocycles. The van der Waals surface area contributed by atoms with Crippen molar-refractivity contribution >= 4 is 21.7 Å². The minimum absolute atomic E-state index is 0.0823. The Bertz CT molecular complexity index is 632. The number of pyridine rings is 1. The van der Waals surface area contributed by atoms with E-state index in [1.807, 2.05) is 38.1 Å². The molecule has 1 atom stereocenters. The van der Waals surface area contributed by atoms with Gasteiger partial charge in [-0.2, -0.15) is 5.26 Å². The molecule has 0 aliphatic rings. The van der Waals surface area contributed by atoms with Gasteiger partial charge < -0.3 is 5.32 Å². The summed E-state index contributed by atoms with van der Waals surface area (Å²) in [5, 5.41) is 12.5. The average Bonchev–Trinajstić information content (AvgIpc) is 2.39. The molecule has 1 aromatic carbocycles. The fourth-order valence-corrected chi connectivity index (χ4v) is 2.29. The summed E-state index contributed by atoms with van der Waals surface area (Å²) in [7, 11) is 0. The molecule has 0 bridgehead atoms. The molecule has 0 spiro atoms. The molecule has 1 N–H and O–H groups in total. The normalized spacial score (nSPS) is 11.7. The summed E-state index contributed by atoms with van der Waals surface area (Å²) in [6, 6.07) is 12.2. The molecular formula is C15H14BrN3. The zero-order valence-electron chi connectivity index (χ0n) is 10.8. The maximum atomic E-state index is 9.19. The molecular weight excluding hydrogens is 302 g/mol. The molecule has 1 unspecified atom stereocenters. The molecule has 96 valence electrons. The third-order valence-corrected chi connectivity index (χ3v) is 3.47. The molecule has 0 radical (unpaired) electrons. The van der Waals surface area contributed by atoms with E-state index in [4.69, 9.17) is 0 Å². The summed E-state index contributed by atoms with van der Waals surface area (Å²) in [4.78, 5) is 4.25. The third kappa shape index (κ3) is 3.12. The van der Waals surface area contributed by atoms with E-state index in [1.165, 1.54) is 0 Å². The van der Waals surface area contributed by atoms with Crippen molar-refractivity contribution in [3.63, 3.8) is 0 Å². The van der Waals surface area contributed by atoms with Gasteiger partial charge >= 0.3 is 0 Å². The van der Waals surface area contributed by atoms with Gasteiger partial charge in [-0.25, -0.2) is 4.98 Å². The molecule has 0 saturated carbocycles. The van der Waals surface area contributed by atoms with E-state index in [9.17, 15) is 5.26 Å². The predicted octanol–water partition coefficient (Wildman–Crippen LogP) is 4.20. The Morgan fingerprint density at radius 1 is 1.37 bits per heavy atom. The maximum absolute atomic E-state index is 9.19. The Morgan fingerprint density at radius 3 is 2.84 bits per heavy atom. The Kier molecular flexibility index (Phi) is 4.18. The van der Waals surface area contributed by atoms with E-state index in [1.54, 1.807) is 6.20 Å². The quantitative estimate of drug-likeness (QED) is 0.923. The number of anilines is 1. The number of halogens is 1. The highest BCUT2D eigenvalue weighted by atomic mass is 79.9. The molecule has 1 aromatic heterocycles. The van der Waals surface area contributed by atoms with Crippen molar-refractivity contribution < 1.29 is 0 Å². The van der Waals surface area contributed by atoms with E-state index in [2.05, 4.69) is 38.4 Å². The van der Waals surface area contributed by atoms with Crippen LogP contribution in [0.1, 0.15) is 29.7 Å². The van der Waals surface area contributed by atoms with Crippen LogP contribution >= 0.6 is 15.9 Å². The Balaban J connectivity index is 2.27. The van der Waals surface area contributed by atoms with Crippen molar-refractivity contribution in [1.82, 2.24) is 4.98 Å². The van der Waals surface area contributed by atoms with Crippen LogP contribution in [0.5, 0.6) is 0 Å². The second-order valence-electron chi connectivity index (χ2n) is 4.38. The number of hydrogen-bond acceptors (Lipinski definition) is 3. The molecule has 4 heteroatoms. The second-order valence-corrected chi connectivity index (χ2v) is 5.30. The lowest BCUT2D eigenvalue weighted by atomic mass is 10.1. The van der Waals surface area contributed by atoms with E-state index < -0.39 is 0 Å². The Morgan fingerprint density at radius 2 is 2.16 bits per heavy atom. The van der Waals surface area contributed by atoms with Gasteiger partial charge in [-0.1, -0.05) is 28.1 Å². The van der Waals surface area contributed by atoms with Crippen molar-refractivity contribution in [2.45, 2.75) is 19.9 Å². The average molecular weight is 316 g/mol. The molecule has 3 nitrogen and oxygen atoms in total. The maximum Gasteiger partial charge on any atom is 0.144 e. The standard InChI is InChI=1S/C15H14BrN3/c1-10-6-7-18-15(14(10)9-17)19-11(2)12-4-3-5-13(16)8-12/h3-8,11H,1-2H3,(H,18,19). The van der Waals surface area contributed by atoms with Gasteiger partial charge in [0.05, 0.1) is 11.6 Å². The van der Waals surface area contributed by atoms with Crippen molar-refractivity contribution in [2.24, 2.45) is 0 Å². The monoisotopic (exact) mass is 315 g/mol. The predicted molar refractivity (Wildman–Crippen MR) is 79.9 cm³/mol. The minimum Gasteiger partial charge on any atom is -0.362 e. The first-order chi connectivity index (χ1) is 9.11. The number of benzene rings is 1. The summed E-state index contributed by atoms with van der Waals surface area (Å²) in [5.41, 5.74) is 2.67. The van der Waals surface area contributed by atoms with Crippen molar-refractivity contribution in [2.75, 3.05) is 5.32 Å². The number of nitriles is 1. The van der Waals surface area contributed by atoms with Crippen molar-refractivity contribution in [1.29, 1.82) is 5.26 Å². The summed E-state index contributed by atoms with van der Waals surface area (Å²) < 4.78 is 1.04. The topological polar surface area (TPSA) is 48.7 Å². The first-order valence-electron chi connectivity index (χ1n) is 5.99. The summed E-state index contributed by atoms with van der Waals surface area (Å²) >= 11 is 3.46. The van der Waals surface area contributed by atoms with Crippen LogP contribution in [0.2, 0.25) is 0 Å². The Hall–Kier alpha value is -1.86. The zero-order chi connectivity index (χ0) is 13.8. The van der Waals surface area contributed by atoms with Crippen LogP contribution in [-0.2, 0) is 0 Å². The summed E-state index contributed by atoms with van der Waals surface area (Å²) in [6.45, 7) is 3.96. The molecule has 0 saturated heterocycles. The van der Waals surface area contributed by atoms with Crippen LogP contribution in [0.4, 0.5) is 5.82 Å². The van der Waals surface area contributed by atoms with Gasteiger partial charge in [-0.15, -0.1) is 0 Å². The van der Waals surface area contributed by atoms with Crippen LogP contribution in [0.3, 0.4) is 0 Å². The molecule has 2 aromatic rings. The van der Waals surface area contributed by atoms with E-state index in [0.717, 1.165) is 15.6 Å². The highest BCUT2D eigenvalue weighted by Crippen LogP contribution is 2.23. The first-order valence-corrected chi connectivity index (χ1v) is 6.79. The number of nitrogens with one attached hydrogen (secondary N) is 1. The number of aryl methyl sites for hydroxylation is 1. The molecule has 0 fully saturated rings. The van der Waals surface area contributed by atoms with Crippen LogP contribution < -0.4 is 5.32 Å². The second kappa shape index (κ2) is 5.85. The molecule has 2 rings (SSSR count). The van der Waals surface area contributed by atoms with Gasteiger partial charge in [0.25, 0.3) is 0 Å². The lowest BCUT2D eigenvalue weighted by molar-refractivity contribution is 0.872. The fraction of sp³-hybridized carbons (Fsp3) is 0.200. The van der Waals surface area contributed by atoms with E-state index in [-0.39, 0.29) is 6.04 Å². The molecule has 19 heavy (non-hydrogen) atoms. The number of hydrogen-bond donors (Lipinski definition) is 1. The largest absolute Gasteiger partial charge is 0.362 e. The molecule has 0 amide bonds. The fourth-order valence-electron chi connectivity index (χ4n) is 1.87. The van der Waals surface area contributed by atoms with Gasteiger partial charge in [0.2, 0.25) is 0 Å². The first kappa shape index (κ1) is 13.6. The Labute approximate surface area is 121 Å². The highest BCUT2D eigenvalue weighted by molar-refractivity contribution is 9.10. The van der Waals surface area contributed by atoms with Gasteiger partial charge in [-0.3, -0.25) is 0 Å². The summed E-state index contributed by atoms with van der Waals surface area (Å²) in [6.07, 6.45) is 1.71. The SMILES string of the molecule is Cc1ccnc(NC(C)c2cccc(Br)c2)c1C#N. The smallest absolute Gasteiger partial charge is 0.144 e. The van der Waals surface area contributed by atoms with Crippen molar-refractivity contribution in [3.05, 3.63) is 57.7 Å². The zero-order valence-corrected chi connectivity index (χ0v) is 12.4. The van der Waals surface area contributed by atoms with Gasteiger partial charge in [0.15, 0.2) is 0 Å². The molecule has 0 aliphatic heterocycles. The van der Waals surface area contributed by atoms with Crippen LogP contribution in [0.25, 0.3) is 0 Å².